The van der Waals surface area contributed by atoms with E-state index in [2.05, 4.69) is 16.9 Å². The van der Waals surface area contributed by atoms with Gasteiger partial charge in [0.25, 0.3) is 5.56 Å². The van der Waals surface area contributed by atoms with E-state index >= 15 is 0 Å². The fraction of sp³-hybridized carbons (Fsp3) is 0.543. The van der Waals surface area contributed by atoms with Crippen molar-refractivity contribution in [3.63, 3.8) is 0 Å². The largest absolute Gasteiger partial charge is 0.465 e. The summed E-state index contributed by atoms with van der Waals surface area (Å²) < 4.78 is 21.2. The highest BCUT2D eigenvalue weighted by Crippen LogP contribution is 2.21. The summed E-state index contributed by atoms with van der Waals surface area (Å²) >= 11 is 1.29. The summed E-state index contributed by atoms with van der Waals surface area (Å²) in [7, 11) is 1.79. The van der Waals surface area contributed by atoms with Gasteiger partial charge in [0.1, 0.15) is 18.9 Å². The van der Waals surface area contributed by atoms with Crippen molar-refractivity contribution < 1.29 is 18.7 Å². The van der Waals surface area contributed by atoms with E-state index in [0.29, 0.717) is 28.6 Å². The van der Waals surface area contributed by atoms with E-state index in [9.17, 15) is 23.6 Å². The molecule has 3 aromatic rings. The average Bonchev–Trinajstić information content (AvgIpc) is 3.05. The van der Waals surface area contributed by atoms with Crippen LogP contribution in [0.2, 0.25) is 0 Å². The third kappa shape index (κ3) is 13.5. The molecule has 12 heteroatoms. The molecule has 1 aromatic carbocycles. The monoisotopic (exact) mass is 669 g/mol. The van der Waals surface area contributed by atoms with Crippen LogP contribution in [0.4, 0.5) is 4.39 Å². The van der Waals surface area contributed by atoms with Crippen molar-refractivity contribution in [3.05, 3.63) is 86.2 Å². The standard InChI is InChI=1S/C35H48FN5O5S/c1-4-6-7-8-9-10-11-12-13-14-19-39(3)31(42)24-41-23-29(20-28-21-37-34(45)40(22-28)25-32(43)46-5-2)33(44)38-35(41)47-26-27-15-17-30(36)18-16-27/h15-18,21-23H,4-14,19-20,24-26H2,1-3H3. The lowest BCUT2D eigenvalue weighted by Crippen LogP contribution is -2.32. The number of esters is 1. The number of rotatable bonds is 21. The molecule has 10 nitrogen and oxygen atoms in total. The molecule has 0 radical (unpaired) electrons. The SMILES string of the molecule is CCCCCCCCCCCCN(C)C(=O)Cn1cc(Cc2cnc(=O)n(CC(=O)OCC)c2)c(=O)nc1SCc1ccc(F)cc1. The number of benzene rings is 1. The number of hydrogen-bond donors (Lipinski definition) is 0. The quantitative estimate of drug-likeness (QED) is 0.0608. The zero-order chi connectivity index (χ0) is 34.0. The Bertz CT molecular complexity index is 1540. The Balaban J connectivity index is 1.69. The number of aromatic nitrogens is 4. The van der Waals surface area contributed by atoms with Gasteiger partial charge in [0, 0.05) is 49.9 Å². The second kappa shape index (κ2) is 20.4. The van der Waals surface area contributed by atoms with Gasteiger partial charge < -0.3 is 14.2 Å². The third-order valence-corrected chi connectivity index (χ3v) is 8.86. The van der Waals surface area contributed by atoms with Crippen molar-refractivity contribution in [2.24, 2.45) is 0 Å². The number of carbonyl (C=O) groups excluding carboxylic acids is 2. The van der Waals surface area contributed by atoms with Crippen LogP contribution in [-0.4, -0.2) is 56.1 Å². The predicted octanol–water partition coefficient (Wildman–Crippen LogP) is 5.76. The lowest BCUT2D eigenvalue weighted by atomic mass is 10.1. The van der Waals surface area contributed by atoms with Crippen LogP contribution >= 0.6 is 11.8 Å². The smallest absolute Gasteiger partial charge is 0.348 e. The molecule has 256 valence electrons. The summed E-state index contributed by atoms with van der Waals surface area (Å²) in [6.45, 7) is 4.42. The number of hydrogen-bond acceptors (Lipinski definition) is 8. The van der Waals surface area contributed by atoms with E-state index in [1.165, 1.54) is 81.2 Å². The minimum absolute atomic E-state index is 0.0130. The zero-order valence-corrected chi connectivity index (χ0v) is 28.7. The van der Waals surface area contributed by atoms with Crippen LogP contribution in [0.3, 0.4) is 0 Å². The number of carbonyl (C=O) groups is 2. The Morgan fingerprint density at radius 2 is 1.53 bits per heavy atom. The predicted molar refractivity (Wildman–Crippen MR) is 182 cm³/mol. The van der Waals surface area contributed by atoms with Crippen LogP contribution in [0.15, 0.2) is 57.6 Å². The Hall–Kier alpha value is -3.80. The number of nitrogens with zero attached hydrogens (tertiary/aromatic N) is 5. The zero-order valence-electron chi connectivity index (χ0n) is 27.9. The molecule has 0 aliphatic rings. The molecule has 0 saturated carbocycles. The maximum atomic E-state index is 13.4. The molecule has 0 saturated heterocycles. The van der Waals surface area contributed by atoms with Gasteiger partial charge in [-0.05, 0) is 36.6 Å². The van der Waals surface area contributed by atoms with Crippen molar-refractivity contribution in [3.8, 4) is 0 Å². The normalized spacial score (nSPS) is 11.1. The highest BCUT2D eigenvalue weighted by atomic mass is 32.2. The first-order valence-corrected chi connectivity index (χ1v) is 17.6. The van der Waals surface area contributed by atoms with E-state index in [4.69, 9.17) is 4.74 Å². The summed E-state index contributed by atoms with van der Waals surface area (Å²) in [5, 5.41) is 0.370. The number of likely N-dealkylation sites (N-methyl/N-ethyl adjacent to an activating group) is 1. The first kappa shape index (κ1) is 37.7. The van der Waals surface area contributed by atoms with E-state index < -0.39 is 17.2 Å². The summed E-state index contributed by atoms with van der Waals surface area (Å²) in [4.78, 5) is 60.5. The van der Waals surface area contributed by atoms with Crippen molar-refractivity contribution in [2.75, 3.05) is 20.2 Å². The first-order chi connectivity index (χ1) is 22.7. The van der Waals surface area contributed by atoms with Gasteiger partial charge in [-0.25, -0.2) is 14.2 Å². The highest BCUT2D eigenvalue weighted by Gasteiger charge is 2.16. The molecule has 3 rings (SSSR count). The van der Waals surface area contributed by atoms with Crippen LogP contribution in [0.25, 0.3) is 0 Å². The summed E-state index contributed by atoms with van der Waals surface area (Å²) in [5.74, 6) is -0.583. The van der Waals surface area contributed by atoms with Gasteiger partial charge in [-0.3, -0.25) is 19.0 Å². The van der Waals surface area contributed by atoms with Gasteiger partial charge in [0.2, 0.25) is 5.91 Å². The second-order valence-electron chi connectivity index (χ2n) is 11.7. The van der Waals surface area contributed by atoms with E-state index in [0.717, 1.165) is 29.4 Å². The molecule has 0 bridgehead atoms. The molecule has 0 aliphatic heterocycles. The van der Waals surface area contributed by atoms with Crippen LogP contribution < -0.4 is 11.2 Å². The molecule has 1 amide bonds. The molecule has 0 atom stereocenters. The number of thioether (sulfide) groups is 1. The molecular weight excluding hydrogens is 621 g/mol. The third-order valence-electron chi connectivity index (χ3n) is 7.80. The summed E-state index contributed by atoms with van der Waals surface area (Å²) in [6, 6.07) is 6.09. The number of amides is 1. The van der Waals surface area contributed by atoms with E-state index in [1.54, 1.807) is 41.8 Å². The van der Waals surface area contributed by atoms with Gasteiger partial charge in [-0.15, -0.1) is 0 Å². The Labute approximate surface area is 280 Å². The van der Waals surface area contributed by atoms with E-state index in [1.807, 2.05) is 0 Å². The minimum atomic E-state index is -0.610. The van der Waals surface area contributed by atoms with Crippen molar-refractivity contribution in [2.45, 2.75) is 108 Å². The minimum Gasteiger partial charge on any atom is -0.465 e. The van der Waals surface area contributed by atoms with Gasteiger partial charge in [0.05, 0.1) is 6.61 Å². The molecule has 2 heterocycles. The van der Waals surface area contributed by atoms with Crippen molar-refractivity contribution >= 4 is 23.6 Å². The average molecular weight is 670 g/mol. The molecule has 47 heavy (non-hydrogen) atoms. The Kier molecular flexibility index (Phi) is 16.4. The molecule has 0 aliphatic carbocycles. The Morgan fingerprint density at radius 3 is 2.19 bits per heavy atom. The van der Waals surface area contributed by atoms with Gasteiger partial charge in [-0.1, -0.05) is 88.6 Å². The van der Waals surface area contributed by atoms with Crippen molar-refractivity contribution in [1.29, 1.82) is 0 Å². The lowest BCUT2D eigenvalue weighted by Gasteiger charge is -2.20. The summed E-state index contributed by atoms with van der Waals surface area (Å²) in [5.41, 5.74) is 0.596. The molecule has 2 aromatic heterocycles. The molecule has 0 unspecified atom stereocenters. The number of unbranched alkanes of at least 4 members (excludes halogenated alkanes) is 9. The van der Waals surface area contributed by atoms with Crippen LogP contribution in [0.1, 0.15) is 94.7 Å². The fourth-order valence-corrected chi connectivity index (χ4v) is 6.02. The maximum absolute atomic E-state index is 13.4. The molecule has 0 fully saturated rings. The maximum Gasteiger partial charge on any atom is 0.348 e. The second-order valence-corrected chi connectivity index (χ2v) is 12.7. The van der Waals surface area contributed by atoms with Gasteiger partial charge in [0.15, 0.2) is 5.16 Å². The first-order valence-electron chi connectivity index (χ1n) is 16.6. The fourth-order valence-electron chi connectivity index (χ4n) is 5.10. The lowest BCUT2D eigenvalue weighted by molar-refractivity contribution is -0.143. The van der Waals surface area contributed by atoms with E-state index in [-0.39, 0.29) is 37.8 Å². The molecular formula is C35H48FN5O5S. The van der Waals surface area contributed by atoms with Crippen molar-refractivity contribution in [1.82, 2.24) is 24.0 Å². The summed E-state index contributed by atoms with van der Waals surface area (Å²) in [6.07, 6.45) is 16.7. The van der Waals surface area contributed by atoms with Gasteiger partial charge in [-0.2, -0.15) is 4.98 Å². The molecule has 0 spiro atoms. The number of halogens is 1. The van der Waals surface area contributed by atoms with Crippen LogP contribution in [0.5, 0.6) is 0 Å². The Morgan fingerprint density at radius 1 is 0.872 bits per heavy atom. The topological polar surface area (TPSA) is 116 Å². The van der Waals surface area contributed by atoms with Crippen LogP contribution in [0, 0.1) is 5.82 Å². The van der Waals surface area contributed by atoms with Gasteiger partial charge >= 0.3 is 11.7 Å². The highest BCUT2D eigenvalue weighted by molar-refractivity contribution is 7.98. The molecule has 0 N–H and O–H groups in total. The number of ether oxygens (including phenoxy) is 1. The van der Waals surface area contributed by atoms with Crippen LogP contribution in [-0.2, 0) is 39.6 Å².